The van der Waals surface area contributed by atoms with Crippen LogP contribution in [0.25, 0.3) is 33.1 Å². The van der Waals surface area contributed by atoms with Gasteiger partial charge in [-0.25, -0.2) is 9.97 Å². The molecule has 1 heterocycles. The van der Waals surface area contributed by atoms with Crippen LogP contribution in [0.4, 0.5) is 0 Å². The topological polar surface area (TPSA) is 25.8 Å². The Morgan fingerprint density at radius 3 is 2.25 bits per heavy atom. The molecule has 28 heavy (non-hydrogen) atoms. The Bertz CT molecular complexity index is 1270. The molecule has 0 saturated carbocycles. The van der Waals surface area contributed by atoms with E-state index in [2.05, 4.69) is 97.9 Å². The minimum atomic E-state index is 0.784. The predicted octanol–water partition coefficient (Wildman–Crippen LogP) is 6.35. The number of hydrogen-bond donors (Lipinski definition) is 0. The molecule has 0 saturated heterocycles. The molecule has 0 atom stereocenters. The van der Waals surface area contributed by atoms with Crippen LogP contribution in [-0.2, 0) is 6.42 Å². The smallest absolute Gasteiger partial charge is 0.160 e. The van der Waals surface area contributed by atoms with Crippen molar-refractivity contribution >= 4 is 21.7 Å². The van der Waals surface area contributed by atoms with Gasteiger partial charge in [0.1, 0.15) is 0 Å². The van der Waals surface area contributed by atoms with Crippen molar-refractivity contribution in [3.63, 3.8) is 0 Å². The fourth-order valence-corrected chi connectivity index (χ4v) is 3.73. The first-order valence-corrected chi connectivity index (χ1v) is 9.57. The molecule has 0 N–H and O–H groups in total. The van der Waals surface area contributed by atoms with Crippen LogP contribution in [0.1, 0.15) is 16.8 Å². The predicted molar refractivity (Wildman–Crippen MR) is 116 cm³/mol. The van der Waals surface area contributed by atoms with Crippen LogP contribution in [0.2, 0.25) is 0 Å². The highest BCUT2D eigenvalue weighted by Gasteiger charge is 2.13. The summed E-state index contributed by atoms with van der Waals surface area (Å²) in [4.78, 5) is 9.95. The molecule has 5 rings (SSSR count). The van der Waals surface area contributed by atoms with E-state index in [0.29, 0.717) is 0 Å². The van der Waals surface area contributed by atoms with Gasteiger partial charge in [-0.1, -0.05) is 90.5 Å². The first kappa shape index (κ1) is 16.6. The number of hydrogen-bond acceptors (Lipinski definition) is 2. The Kier molecular flexibility index (Phi) is 4.10. The van der Waals surface area contributed by atoms with Crippen LogP contribution in [0.3, 0.4) is 0 Å². The lowest BCUT2D eigenvalue weighted by Gasteiger charge is -2.12. The van der Waals surface area contributed by atoms with Crippen molar-refractivity contribution in [2.24, 2.45) is 0 Å². The molecule has 0 unspecified atom stereocenters. The van der Waals surface area contributed by atoms with E-state index < -0.39 is 0 Å². The third-order valence-corrected chi connectivity index (χ3v) is 5.19. The standard InChI is InChI=1S/C26H20N2/c1-18-11-13-21(14-12-18)26-27-23-16-15-20-9-5-6-10-22(20)25(23)24(28-26)17-19-7-3-2-4-8-19/h2-16H,17H2,1H3. The van der Waals surface area contributed by atoms with Crippen molar-refractivity contribution in [2.75, 3.05) is 0 Å². The molecular formula is C26H20N2. The maximum Gasteiger partial charge on any atom is 0.160 e. The molecule has 2 nitrogen and oxygen atoms in total. The summed E-state index contributed by atoms with van der Waals surface area (Å²) in [6.07, 6.45) is 0.784. The Hall–Kier alpha value is -3.52. The van der Waals surface area contributed by atoms with E-state index >= 15 is 0 Å². The summed E-state index contributed by atoms with van der Waals surface area (Å²) in [5.41, 5.74) is 5.61. The minimum absolute atomic E-state index is 0.784. The lowest BCUT2D eigenvalue weighted by atomic mass is 9.99. The molecule has 0 spiro atoms. The largest absolute Gasteiger partial charge is 0.232 e. The molecule has 4 aromatic carbocycles. The highest BCUT2D eigenvalue weighted by atomic mass is 14.9. The van der Waals surface area contributed by atoms with Crippen LogP contribution in [0.5, 0.6) is 0 Å². The second kappa shape index (κ2) is 6.90. The molecule has 134 valence electrons. The second-order valence-electron chi connectivity index (χ2n) is 7.20. The molecule has 1 aromatic heterocycles. The van der Waals surface area contributed by atoms with Gasteiger partial charge in [-0.05, 0) is 29.3 Å². The van der Waals surface area contributed by atoms with Gasteiger partial charge in [0, 0.05) is 17.4 Å². The highest BCUT2D eigenvalue weighted by Crippen LogP contribution is 2.30. The fraction of sp³-hybridized carbons (Fsp3) is 0.0769. The van der Waals surface area contributed by atoms with Gasteiger partial charge in [0.15, 0.2) is 5.82 Å². The maximum absolute atomic E-state index is 5.04. The Labute approximate surface area is 164 Å². The molecule has 2 heteroatoms. The van der Waals surface area contributed by atoms with E-state index in [0.717, 1.165) is 34.4 Å². The minimum Gasteiger partial charge on any atom is -0.232 e. The van der Waals surface area contributed by atoms with Gasteiger partial charge >= 0.3 is 0 Å². The van der Waals surface area contributed by atoms with Crippen LogP contribution in [0, 0.1) is 6.92 Å². The number of nitrogens with zero attached hydrogens (tertiary/aromatic N) is 2. The fourth-order valence-electron chi connectivity index (χ4n) is 3.73. The van der Waals surface area contributed by atoms with Crippen LogP contribution < -0.4 is 0 Å². The molecule has 0 radical (unpaired) electrons. The quantitative estimate of drug-likeness (QED) is 0.350. The van der Waals surface area contributed by atoms with Crippen LogP contribution in [0.15, 0.2) is 91.0 Å². The molecule has 0 bridgehead atoms. The Balaban J connectivity index is 1.78. The lowest BCUT2D eigenvalue weighted by molar-refractivity contribution is 1.07. The average molecular weight is 360 g/mol. The Morgan fingerprint density at radius 1 is 0.679 bits per heavy atom. The summed E-state index contributed by atoms with van der Waals surface area (Å²) in [6.45, 7) is 2.10. The SMILES string of the molecule is Cc1ccc(-c2nc(Cc3ccccc3)c3c(ccc4ccccc43)n2)cc1. The van der Waals surface area contributed by atoms with Gasteiger partial charge in [0.05, 0.1) is 11.2 Å². The van der Waals surface area contributed by atoms with Gasteiger partial charge in [-0.15, -0.1) is 0 Å². The van der Waals surface area contributed by atoms with Gasteiger partial charge in [0.25, 0.3) is 0 Å². The van der Waals surface area contributed by atoms with Gasteiger partial charge in [-0.3, -0.25) is 0 Å². The van der Waals surface area contributed by atoms with E-state index in [4.69, 9.17) is 9.97 Å². The van der Waals surface area contributed by atoms with Gasteiger partial charge in [0.2, 0.25) is 0 Å². The zero-order chi connectivity index (χ0) is 18.9. The van der Waals surface area contributed by atoms with Crippen molar-refractivity contribution in [1.82, 2.24) is 9.97 Å². The number of rotatable bonds is 3. The summed E-state index contributed by atoms with van der Waals surface area (Å²) < 4.78 is 0. The number of fused-ring (bicyclic) bond motifs is 3. The molecular weight excluding hydrogens is 340 g/mol. The summed E-state index contributed by atoms with van der Waals surface area (Å²) in [5.74, 6) is 0.786. The molecule has 0 fully saturated rings. The van der Waals surface area contributed by atoms with Crippen molar-refractivity contribution in [3.05, 3.63) is 108 Å². The molecule has 0 amide bonds. The van der Waals surface area contributed by atoms with Crippen LogP contribution in [-0.4, -0.2) is 9.97 Å². The van der Waals surface area contributed by atoms with Crippen molar-refractivity contribution in [3.8, 4) is 11.4 Å². The zero-order valence-electron chi connectivity index (χ0n) is 15.8. The van der Waals surface area contributed by atoms with Crippen molar-refractivity contribution < 1.29 is 0 Å². The maximum atomic E-state index is 5.04. The second-order valence-corrected chi connectivity index (χ2v) is 7.20. The number of aryl methyl sites for hydroxylation is 1. The average Bonchev–Trinajstić information content (AvgIpc) is 2.74. The third kappa shape index (κ3) is 3.03. The highest BCUT2D eigenvalue weighted by molar-refractivity contribution is 6.07. The first-order valence-electron chi connectivity index (χ1n) is 9.57. The number of benzene rings is 4. The molecule has 0 aliphatic carbocycles. The van der Waals surface area contributed by atoms with E-state index in [1.807, 2.05) is 0 Å². The molecule has 5 aromatic rings. The normalized spacial score (nSPS) is 11.2. The first-order chi connectivity index (χ1) is 13.8. The third-order valence-electron chi connectivity index (χ3n) is 5.19. The van der Waals surface area contributed by atoms with E-state index in [-0.39, 0.29) is 0 Å². The Morgan fingerprint density at radius 2 is 1.43 bits per heavy atom. The molecule has 0 aliphatic rings. The monoisotopic (exact) mass is 360 g/mol. The summed E-state index contributed by atoms with van der Waals surface area (Å²) in [7, 11) is 0. The van der Waals surface area contributed by atoms with E-state index in [9.17, 15) is 0 Å². The summed E-state index contributed by atoms with van der Waals surface area (Å²) >= 11 is 0. The summed E-state index contributed by atoms with van der Waals surface area (Å²) in [6, 6.07) is 31.7. The van der Waals surface area contributed by atoms with Crippen LogP contribution >= 0.6 is 0 Å². The zero-order valence-corrected chi connectivity index (χ0v) is 15.8. The summed E-state index contributed by atoms with van der Waals surface area (Å²) in [5, 5.41) is 3.58. The number of aromatic nitrogens is 2. The molecule has 0 aliphatic heterocycles. The van der Waals surface area contributed by atoms with Gasteiger partial charge < -0.3 is 0 Å². The van der Waals surface area contributed by atoms with Crippen molar-refractivity contribution in [1.29, 1.82) is 0 Å². The van der Waals surface area contributed by atoms with Crippen molar-refractivity contribution in [2.45, 2.75) is 13.3 Å². The van der Waals surface area contributed by atoms with E-state index in [1.54, 1.807) is 0 Å². The van der Waals surface area contributed by atoms with Gasteiger partial charge in [-0.2, -0.15) is 0 Å². The van der Waals surface area contributed by atoms with E-state index in [1.165, 1.54) is 21.9 Å². The lowest BCUT2D eigenvalue weighted by Crippen LogP contribution is -2.00.